The molecule has 0 aliphatic carbocycles. The zero-order chi connectivity index (χ0) is 22.4. The van der Waals surface area contributed by atoms with Crippen LogP contribution in [0.1, 0.15) is 27.6 Å². The van der Waals surface area contributed by atoms with Gasteiger partial charge in [-0.1, -0.05) is 6.07 Å². The summed E-state index contributed by atoms with van der Waals surface area (Å²) in [6, 6.07) is 5.10. The number of aryl methyl sites for hydroxylation is 2. The van der Waals surface area contributed by atoms with Crippen LogP contribution in [-0.4, -0.2) is 61.6 Å². The van der Waals surface area contributed by atoms with Gasteiger partial charge in [0, 0.05) is 49.1 Å². The summed E-state index contributed by atoms with van der Waals surface area (Å²) in [4.78, 5) is 32.8. The fourth-order valence-corrected chi connectivity index (χ4v) is 4.51. The van der Waals surface area contributed by atoms with E-state index in [1.165, 1.54) is 4.88 Å². The molecule has 2 N–H and O–H groups in total. The van der Waals surface area contributed by atoms with Crippen LogP contribution in [0.2, 0.25) is 0 Å². The number of ether oxygens (including phenoxy) is 2. The first kappa shape index (κ1) is 23.0. The van der Waals surface area contributed by atoms with E-state index >= 15 is 0 Å². The van der Waals surface area contributed by atoms with Crippen LogP contribution < -0.4 is 20.1 Å². The molecule has 1 saturated heterocycles. The van der Waals surface area contributed by atoms with Crippen LogP contribution in [0.15, 0.2) is 18.2 Å². The number of amides is 2. The fraction of sp³-hybridized carbons (Fsp3) is 0.500. The molecular formula is C22H30N4O4S. The number of hydrogen-bond acceptors (Lipinski definition) is 7. The fourth-order valence-electron chi connectivity index (χ4n) is 3.58. The van der Waals surface area contributed by atoms with Crippen molar-refractivity contribution in [3.05, 3.63) is 39.3 Å². The first-order valence-electron chi connectivity index (χ1n) is 10.3. The van der Waals surface area contributed by atoms with Crippen molar-refractivity contribution in [2.75, 3.05) is 33.9 Å². The van der Waals surface area contributed by atoms with Gasteiger partial charge in [-0.25, -0.2) is 4.98 Å². The van der Waals surface area contributed by atoms with Crippen molar-refractivity contribution < 1.29 is 19.1 Å². The smallest absolute Gasteiger partial charge is 0.237 e. The molecule has 2 amide bonds. The van der Waals surface area contributed by atoms with Gasteiger partial charge in [0.2, 0.25) is 11.8 Å². The molecule has 1 atom stereocenters. The number of thiazole rings is 1. The van der Waals surface area contributed by atoms with Gasteiger partial charge >= 0.3 is 0 Å². The first-order valence-corrected chi connectivity index (χ1v) is 11.1. The van der Waals surface area contributed by atoms with Crippen LogP contribution in [0.5, 0.6) is 11.5 Å². The van der Waals surface area contributed by atoms with Crippen LogP contribution in [0.4, 0.5) is 0 Å². The predicted octanol–water partition coefficient (Wildman–Crippen LogP) is 1.83. The Kier molecular flexibility index (Phi) is 7.86. The maximum Gasteiger partial charge on any atom is 0.237 e. The van der Waals surface area contributed by atoms with E-state index in [0.717, 1.165) is 16.3 Å². The number of aromatic nitrogens is 1. The minimum atomic E-state index is -0.523. The molecule has 1 aliphatic rings. The molecule has 8 nitrogen and oxygen atoms in total. The summed E-state index contributed by atoms with van der Waals surface area (Å²) in [7, 11) is 3.21. The first-order chi connectivity index (χ1) is 14.9. The Balaban J connectivity index is 1.60. The van der Waals surface area contributed by atoms with E-state index in [0.29, 0.717) is 44.1 Å². The maximum atomic E-state index is 12.5. The third kappa shape index (κ3) is 5.95. The molecule has 3 rings (SSSR count). The molecule has 1 unspecified atom stereocenters. The number of nitrogens with zero attached hydrogens (tertiary/aromatic N) is 2. The molecule has 1 aromatic heterocycles. The van der Waals surface area contributed by atoms with Crippen molar-refractivity contribution in [1.29, 1.82) is 0 Å². The minimum Gasteiger partial charge on any atom is -0.497 e. The van der Waals surface area contributed by atoms with Crippen molar-refractivity contribution in [2.45, 2.75) is 39.3 Å². The Bertz CT molecular complexity index is 911. The molecule has 2 aromatic rings. The average molecular weight is 447 g/mol. The molecule has 31 heavy (non-hydrogen) atoms. The Morgan fingerprint density at radius 3 is 2.81 bits per heavy atom. The van der Waals surface area contributed by atoms with Gasteiger partial charge < -0.3 is 20.1 Å². The zero-order valence-electron chi connectivity index (χ0n) is 18.5. The monoisotopic (exact) mass is 446 g/mol. The number of benzene rings is 1. The molecule has 1 aromatic carbocycles. The van der Waals surface area contributed by atoms with Gasteiger partial charge in [0.05, 0.1) is 37.4 Å². The highest BCUT2D eigenvalue weighted by Crippen LogP contribution is 2.27. The van der Waals surface area contributed by atoms with E-state index < -0.39 is 6.04 Å². The lowest BCUT2D eigenvalue weighted by Crippen LogP contribution is -2.56. The molecule has 1 aliphatic heterocycles. The molecule has 0 bridgehead atoms. The molecule has 9 heteroatoms. The summed E-state index contributed by atoms with van der Waals surface area (Å²) >= 11 is 1.65. The Hall–Kier alpha value is -2.65. The lowest BCUT2D eigenvalue weighted by Gasteiger charge is -2.35. The van der Waals surface area contributed by atoms with Crippen molar-refractivity contribution in [1.82, 2.24) is 20.5 Å². The molecule has 0 spiro atoms. The number of rotatable bonds is 9. The number of methoxy groups -OCH3 is 2. The number of nitrogens with one attached hydrogen (secondary N) is 2. The van der Waals surface area contributed by atoms with Gasteiger partial charge in [-0.15, -0.1) is 11.3 Å². The second kappa shape index (κ2) is 10.6. The second-order valence-corrected chi connectivity index (χ2v) is 8.80. The highest BCUT2D eigenvalue weighted by atomic mass is 32.1. The van der Waals surface area contributed by atoms with Crippen LogP contribution in [0.25, 0.3) is 0 Å². The molecular weight excluding hydrogens is 416 g/mol. The van der Waals surface area contributed by atoms with E-state index in [1.54, 1.807) is 25.6 Å². The van der Waals surface area contributed by atoms with Gasteiger partial charge in [0.15, 0.2) is 0 Å². The van der Waals surface area contributed by atoms with Crippen LogP contribution in [0, 0.1) is 13.8 Å². The largest absolute Gasteiger partial charge is 0.497 e. The SMILES string of the molecule is COc1ccc(CN2CCNC(=O)C2CC(=O)NCCc2nc(C)c(C)s2)c(OC)c1. The van der Waals surface area contributed by atoms with Crippen molar-refractivity contribution in [3.8, 4) is 11.5 Å². The minimum absolute atomic E-state index is 0.111. The quantitative estimate of drug-likeness (QED) is 0.611. The van der Waals surface area contributed by atoms with Crippen molar-refractivity contribution in [2.24, 2.45) is 0 Å². The third-order valence-electron chi connectivity index (χ3n) is 5.42. The highest BCUT2D eigenvalue weighted by molar-refractivity contribution is 7.11. The lowest BCUT2D eigenvalue weighted by molar-refractivity contribution is -0.134. The normalized spacial score (nSPS) is 16.6. The summed E-state index contributed by atoms with van der Waals surface area (Å²) in [5.74, 6) is 1.14. The van der Waals surface area contributed by atoms with E-state index in [2.05, 4.69) is 15.6 Å². The van der Waals surface area contributed by atoms with Crippen LogP contribution in [-0.2, 0) is 22.6 Å². The van der Waals surface area contributed by atoms with Gasteiger partial charge in [0.1, 0.15) is 11.5 Å². The van der Waals surface area contributed by atoms with E-state index in [-0.39, 0.29) is 18.2 Å². The summed E-state index contributed by atoms with van der Waals surface area (Å²) in [5, 5.41) is 6.81. The maximum absolute atomic E-state index is 12.5. The highest BCUT2D eigenvalue weighted by Gasteiger charge is 2.32. The zero-order valence-corrected chi connectivity index (χ0v) is 19.3. The Labute approximate surface area is 186 Å². The van der Waals surface area contributed by atoms with Crippen LogP contribution in [0.3, 0.4) is 0 Å². The van der Waals surface area contributed by atoms with E-state index in [4.69, 9.17) is 9.47 Å². The van der Waals surface area contributed by atoms with Crippen molar-refractivity contribution in [3.63, 3.8) is 0 Å². The van der Waals surface area contributed by atoms with Crippen molar-refractivity contribution >= 4 is 23.2 Å². The molecule has 2 heterocycles. The molecule has 0 saturated carbocycles. The number of piperazine rings is 1. The second-order valence-electron chi connectivity index (χ2n) is 7.51. The van der Waals surface area contributed by atoms with E-state index in [1.807, 2.05) is 36.9 Å². The third-order valence-corrected chi connectivity index (χ3v) is 6.55. The lowest BCUT2D eigenvalue weighted by atomic mass is 10.1. The molecule has 168 valence electrons. The predicted molar refractivity (Wildman–Crippen MR) is 120 cm³/mol. The van der Waals surface area contributed by atoms with E-state index in [9.17, 15) is 9.59 Å². The average Bonchev–Trinajstić information content (AvgIpc) is 3.08. The summed E-state index contributed by atoms with van der Waals surface area (Å²) in [5.41, 5.74) is 1.98. The number of hydrogen-bond donors (Lipinski definition) is 2. The van der Waals surface area contributed by atoms with Gasteiger partial charge in [-0.3, -0.25) is 14.5 Å². The summed E-state index contributed by atoms with van der Waals surface area (Å²) in [6.07, 6.45) is 0.801. The Morgan fingerprint density at radius 1 is 1.32 bits per heavy atom. The summed E-state index contributed by atoms with van der Waals surface area (Å²) in [6.45, 7) is 6.27. The van der Waals surface area contributed by atoms with Gasteiger partial charge in [-0.05, 0) is 19.9 Å². The number of carbonyl (C=O) groups excluding carboxylic acids is 2. The van der Waals surface area contributed by atoms with Gasteiger partial charge in [-0.2, -0.15) is 0 Å². The number of carbonyl (C=O) groups is 2. The topological polar surface area (TPSA) is 92.8 Å². The van der Waals surface area contributed by atoms with Gasteiger partial charge in [0.25, 0.3) is 0 Å². The summed E-state index contributed by atoms with van der Waals surface area (Å²) < 4.78 is 10.7. The molecule has 0 radical (unpaired) electrons. The van der Waals surface area contributed by atoms with Crippen LogP contribution >= 0.6 is 11.3 Å². The standard InChI is InChI=1S/C22H30N4O4S/c1-14-15(2)31-21(25-14)7-8-23-20(27)12-18-22(28)24-9-10-26(18)13-16-5-6-17(29-3)11-19(16)30-4/h5-6,11,18H,7-10,12-13H2,1-4H3,(H,23,27)(H,24,28). The Morgan fingerprint density at radius 2 is 2.13 bits per heavy atom. The molecule has 1 fully saturated rings.